The van der Waals surface area contributed by atoms with E-state index in [0.717, 1.165) is 16.2 Å². The van der Waals surface area contributed by atoms with Crippen LogP contribution in [0.3, 0.4) is 0 Å². The first-order valence-corrected chi connectivity index (χ1v) is 8.03. The van der Waals surface area contributed by atoms with Gasteiger partial charge in [-0.3, -0.25) is 0 Å². The van der Waals surface area contributed by atoms with E-state index in [1.165, 1.54) is 4.88 Å². The monoisotopic (exact) mass is 328 g/mol. The first-order valence-electron chi connectivity index (χ1n) is 6.40. The Balaban J connectivity index is 2.36. The van der Waals surface area contributed by atoms with E-state index in [1.807, 2.05) is 12.1 Å². The summed E-state index contributed by atoms with van der Waals surface area (Å²) in [6, 6.07) is 9.81. The van der Waals surface area contributed by atoms with Crippen molar-refractivity contribution in [3.8, 4) is 5.75 Å². The number of ether oxygens (including phenoxy) is 1. The number of benzene rings is 1. The van der Waals surface area contributed by atoms with Gasteiger partial charge in [0.05, 0.1) is 12.5 Å². The standard InChI is InChI=1S/C16H18Cl2OS/c1-16(2,3)14-8-7-13(20-14)15(18)11-6-5-10(17)9-12(11)19-4/h5-9,15H,1-4H3. The minimum atomic E-state index is -0.219. The van der Waals surface area contributed by atoms with Crippen LogP contribution in [0.25, 0.3) is 0 Å². The number of methoxy groups -OCH3 is 1. The smallest absolute Gasteiger partial charge is 0.125 e. The maximum atomic E-state index is 6.62. The number of halogens is 2. The normalized spacial score (nSPS) is 13.3. The van der Waals surface area contributed by atoms with E-state index in [1.54, 1.807) is 24.5 Å². The maximum absolute atomic E-state index is 6.62. The zero-order chi connectivity index (χ0) is 14.9. The van der Waals surface area contributed by atoms with Crippen molar-refractivity contribution in [1.29, 1.82) is 0 Å². The SMILES string of the molecule is COc1cc(Cl)ccc1C(Cl)c1ccc(C(C)(C)C)s1. The Morgan fingerprint density at radius 3 is 2.40 bits per heavy atom. The lowest BCUT2D eigenvalue weighted by Gasteiger charge is -2.16. The van der Waals surface area contributed by atoms with E-state index in [-0.39, 0.29) is 10.8 Å². The average molecular weight is 329 g/mol. The summed E-state index contributed by atoms with van der Waals surface area (Å²) in [6.45, 7) is 6.61. The van der Waals surface area contributed by atoms with Crippen molar-refractivity contribution in [2.75, 3.05) is 7.11 Å². The quantitative estimate of drug-likeness (QED) is 0.624. The van der Waals surface area contributed by atoms with Crippen molar-refractivity contribution < 1.29 is 4.74 Å². The second-order valence-electron chi connectivity index (χ2n) is 5.70. The number of alkyl halides is 1. The van der Waals surface area contributed by atoms with E-state index >= 15 is 0 Å². The lowest BCUT2D eigenvalue weighted by atomic mass is 9.95. The Hall–Kier alpha value is -0.700. The molecule has 0 aliphatic carbocycles. The molecule has 0 bridgehead atoms. The Kier molecular flexibility index (Phi) is 4.68. The van der Waals surface area contributed by atoms with Gasteiger partial charge in [-0.25, -0.2) is 0 Å². The number of thiophene rings is 1. The van der Waals surface area contributed by atoms with Crippen LogP contribution < -0.4 is 4.74 Å². The Morgan fingerprint density at radius 1 is 1.15 bits per heavy atom. The predicted molar refractivity (Wildman–Crippen MR) is 88.7 cm³/mol. The van der Waals surface area contributed by atoms with Crippen LogP contribution in [0.4, 0.5) is 0 Å². The van der Waals surface area contributed by atoms with Gasteiger partial charge in [0.2, 0.25) is 0 Å². The molecule has 0 fully saturated rings. The fourth-order valence-corrected chi connectivity index (χ4v) is 3.55. The molecule has 0 aliphatic rings. The molecular weight excluding hydrogens is 311 g/mol. The summed E-state index contributed by atoms with van der Waals surface area (Å²) < 4.78 is 5.38. The molecule has 20 heavy (non-hydrogen) atoms. The molecule has 0 saturated heterocycles. The van der Waals surface area contributed by atoms with Gasteiger partial charge in [-0.2, -0.15) is 0 Å². The van der Waals surface area contributed by atoms with Crippen molar-refractivity contribution in [3.05, 3.63) is 50.7 Å². The van der Waals surface area contributed by atoms with Crippen molar-refractivity contribution in [2.45, 2.75) is 31.6 Å². The summed E-state index contributed by atoms with van der Waals surface area (Å²) in [5.74, 6) is 0.725. The zero-order valence-electron chi connectivity index (χ0n) is 12.0. The number of rotatable bonds is 3. The Labute approximate surface area is 134 Å². The van der Waals surface area contributed by atoms with Gasteiger partial charge in [0.25, 0.3) is 0 Å². The predicted octanol–water partition coefficient (Wildman–Crippen LogP) is 6.04. The molecule has 2 aromatic rings. The van der Waals surface area contributed by atoms with Crippen LogP contribution >= 0.6 is 34.5 Å². The lowest BCUT2D eigenvalue weighted by Crippen LogP contribution is -2.07. The van der Waals surface area contributed by atoms with Gasteiger partial charge in [0, 0.05) is 20.3 Å². The highest BCUT2D eigenvalue weighted by molar-refractivity contribution is 7.12. The van der Waals surface area contributed by atoms with Crippen LogP contribution in [-0.4, -0.2) is 7.11 Å². The molecule has 1 aromatic carbocycles. The highest BCUT2D eigenvalue weighted by atomic mass is 35.5. The van der Waals surface area contributed by atoms with Crippen LogP contribution in [0.5, 0.6) is 5.75 Å². The summed E-state index contributed by atoms with van der Waals surface area (Å²) in [7, 11) is 1.63. The molecule has 1 unspecified atom stereocenters. The van der Waals surface area contributed by atoms with Crippen molar-refractivity contribution in [1.82, 2.24) is 0 Å². The Bertz CT molecular complexity index is 599. The summed E-state index contributed by atoms with van der Waals surface area (Å²) in [5, 5.41) is 0.430. The highest BCUT2D eigenvalue weighted by Gasteiger charge is 2.21. The molecule has 1 atom stereocenters. The molecule has 0 N–H and O–H groups in total. The first kappa shape index (κ1) is 15.7. The van der Waals surface area contributed by atoms with Crippen LogP contribution in [0.1, 0.15) is 41.5 Å². The second-order valence-corrected chi connectivity index (χ2v) is 7.69. The van der Waals surface area contributed by atoms with Gasteiger partial charge in [-0.15, -0.1) is 22.9 Å². The topological polar surface area (TPSA) is 9.23 Å². The van der Waals surface area contributed by atoms with Crippen molar-refractivity contribution >= 4 is 34.5 Å². The van der Waals surface area contributed by atoms with Gasteiger partial charge in [0.15, 0.2) is 0 Å². The fraction of sp³-hybridized carbons (Fsp3) is 0.375. The molecule has 0 radical (unpaired) electrons. The molecule has 108 valence electrons. The third kappa shape index (κ3) is 3.30. The van der Waals surface area contributed by atoms with Gasteiger partial charge in [-0.1, -0.05) is 38.4 Å². The van der Waals surface area contributed by atoms with Gasteiger partial charge in [0.1, 0.15) is 5.75 Å². The summed E-state index contributed by atoms with van der Waals surface area (Å²) in [6.07, 6.45) is 0. The molecule has 0 amide bonds. The first-order chi connectivity index (χ1) is 9.32. The van der Waals surface area contributed by atoms with E-state index in [0.29, 0.717) is 5.02 Å². The van der Waals surface area contributed by atoms with Crippen LogP contribution in [0, 0.1) is 0 Å². The number of hydrogen-bond donors (Lipinski definition) is 0. The van der Waals surface area contributed by atoms with E-state index in [2.05, 4.69) is 32.9 Å². The molecule has 4 heteroatoms. The average Bonchev–Trinajstić information content (AvgIpc) is 2.87. The fourth-order valence-electron chi connectivity index (χ4n) is 1.94. The maximum Gasteiger partial charge on any atom is 0.125 e. The molecule has 1 aromatic heterocycles. The summed E-state index contributed by atoms with van der Waals surface area (Å²) in [5.41, 5.74) is 1.09. The largest absolute Gasteiger partial charge is 0.496 e. The molecule has 0 spiro atoms. The minimum Gasteiger partial charge on any atom is -0.496 e. The van der Waals surface area contributed by atoms with E-state index in [9.17, 15) is 0 Å². The van der Waals surface area contributed by atoms with Gasteiger partial charge >= 0.3 is 0 Å². The minimum absolute atomic E-state index is 0.142. The molecule has 2 rings (SSSR count). The number of hydrogen-bond acceptors (Lipinski definition) is 2. The molecule has 0 aliphatic heterocycles. The molecule has 1 nitrogen and oxygen atoms in total. The molecular formula is C16H18Cl2OS. The van der Waals surface area contributed by atoms with Gasteiger partial charge in [-0.05, 0) is 29.7 Å². The zero-order valence-corrected chi connectivity index (χ0v) is 14.4. The third-order valence-corrected chi connectivity index (χ3v) is 5.49. The van der Waals surface area contributed by atoms with Crippen LogP contribution in [0.2, 0.25) is 5.02 Å². The molecule has 1 heterocycles. The lowest BCUT2D eigenvalue weighted by molar-refractivity contribution is 0.410. The van der Waals surface area contributed by atoms with Crippen LogP contribution in [-0.2, 0) is 5.41 Å². The second kappa shape index (κ2) is 5.97. The highest BCUT2D eigenvalue weighted by Crippen LogP contribution is 2.41. The van der Waals surface area contributed by atoms with Crippen molar-refractivity contribution in [2.24, 2.45) is 0 Å². The summed E-state index contributed by atoms with van der Waals surface area (Å²) in [4.78, 5) is 2.45. The summed E-state index contributed by atoms with van der Waals surface area (Å²) >= 11 is 14.4. The van der Waals surface area contributed by atoms with Crippen molar-refractivity contribution in [3.63, 3.8) is 0 Å². The Morgan fingerprint density at radius 2 is 1.85 bits per heavy atom. The van der Waals surface area contributed by atoms with Crippen LogP contribution in [0.15, 0.2) is 30.3 Å². The van der Waals surface area contributed by atoms with E-state index in [4.69, 9.17) is 27.9 Å². The van der Waals surface area contributed by atoms with E-state index < -0.39 is 0 Å². The molecule has 0 saturated carbocycles. The third-order valence-electron chi connectivity index (χ3n) is 3.08. The van der Waals surface area contributed by atoms with Gasteiger partial charge < -0.3 is 4.74 Å².